The normalized spacial score (nSPS) is 25.2. The summed E-state index contributed by atoms with van der Waals surface area (Å²) in [7, 11) is 0. The van der Waals surface area contributed by atoms with Crippen molar-refractivity contribution in [2.45, 2.75) is 13.3 Å². The molecule has 0 bridgehead atoms. The van der Waals surface area contributed by atoms with Crippen molar-refractivity contribution in [1.82, 2.24) is 14.6 Å². The third kappa shape index (κ3) is 2.54. The van der Waals surface area contributed by atoms with Crippen molar-refractivity contribution in [3.05, 3.63) is 24.4 Å². The molecule has 2 aromatic rings. The van der Waals surface area contributed by atoms with Gasteiger partial charge in [0.15, 0.2) is 11.6 Å². The quantitative estimate of drug-likeness (QED) is 0.818. The van der Waals surface area contributed by atoms with Crippen molar-refractivity contribution in [2.24, 2.45) is 16.9 Å². The highest BCUT2D eigenvalue weighted by molar-refractivity contribution is 7.10. The fourth-order valence-corrected chi connectivity index (χ4v) is 4.39. The van der Waals surface area contributed by atoms with E-state index in [0.717, 1.165) is 29.6 Å². The number of nitrogens with zero attached hydrogens (tertiary/aromatic N) is 7. The topological polar surface area (TPSA) is 77.8 Å². The predicted molar refractivity (Wildman–Crippen MR) is 101 cm³/mol. The van der Waals surface area contributed by atoms with Crippen LogP contribution in [0, 0.1) is 11.8 Å². The number of aromatic nitrogens is 3. The van der Waals surface area contributed by atoms with E-state index in [1.807, 2.05) is 18.2 Å². The van der Waals surface area contributed by atoms with Crippen molar-refractivity contribution in [3.8, 4) is 0 Å². The van der Waals surface area contributed by atoms with Crippen LogP contribution in [-0.2, 0) is 4.79 Å². The van der Waals surface area contributed by atoms with E-state index in [1.54, 1.807) is 16.1 Å². The van der Waals surface area contributed by atoms with Gasteiger partial charge in [-0.1, -0.05) is 6.92 Å². The fraction of sp³-hybridized carbons (Fsp3) is 0.471. The van der Waals surface area contributed by atoms with Crippen molar-refractivity contribution < 1.29 is 4.79 Å². The highest BCUT2D eigenvalue weighted by atomic mass is 32.1. The van der Waals surface area contributed by atoms with Gasteiger partial charge in [-0.05, 0) is 42.1 Å². The Morgan fingerprint density at radius 2 is 2.00 bits per heavy atom. The fourth-order valence-electron chi connectivity index (χ4n) is 3.78. The molecule has 3 aliphatic heterocycles. The summed E-state index contributed by atoms with van der Waals surface area (Å²) < 4.78 is 4.08. The van der Waals surface area contributed by atoms with Crippen LogP contribution in [-0.4, -0.2) is 52.4 Å². The highest BCUT2D eigenvalue weighted by Gasteiger charge is 2.44. The first-order valence-corrected chi connectivity index (χ1v) is 9.62. The summed E-state index contributed by atoms with van der Waals surface area (Å²) in [6.07, 6.45) is 2.91. The standard InChI is InChI=1S/C17H19N7OS/c1-11-5-7-22(8-11)14-2-3-15(20-19-14)24-9-12-13(21-24)10-23(17(12)25)16-4-6-18-26-16/h2-4,6,11-12H,5,7-10H2,1H3/t11-,12?/m0/s1. The van der Waals surface area contributed by atoms with Crippen LogP contribution in [0.3, 0.4) is 0 Å². The van der Waals surface area contributed by atoms with E-state index < -0.39 is 0 Å². The number of hydrogen-bond acceptors (Lipinski definition) is 8. The first-order valence-electron chi connectivity index (χ1n) is 8.84. The summed E-state index contributed by atoms with van der Waals surface area (Å²) in [4.78, 5) is 16.7. The second-order valence-corrected chi connectivity index (χ2v) is 7.90. The number of carbonyl (C=O) groups excluding carboxylic acids is 1. The zero-order valence-corrected chi connectivity index (χ0v) is 15.3. The molecule has 9 heteroatoms. The SMILES string of the molecule is C[C@H]1CCN(c2ccc(N3CC4C(=O)N(c5ccns5)CC4=N3)nn2)C1. The Hall–Kier alpha value is -2.55. The van der Waals surface area contributed by atoms with Crippen LogP contribution in [0.15, 0.2) is 29.5 Å². The molecule has 8 nitrogen and oxygen atoms in total. The lowest BCUT2D eigenvalue weighted by atomic mass is 10.1. The van der Waals surface area contributed by atoms with E-state index >= 15 is 0 Å². The Morgan fingerprint density at radius 1 is 1.15 bits per heavy atom. The van der Waals surface area contributed by atoms with Crippen LogP contribution in [0.5, 0.6) is 0 Å². The van der Waals surface area contributed by atoms with E-state index in [-0.39, 0.29) is 11.8 Å². The molecular weight excluding hydrogens is 350 g/mol. The Morgan fingerprint density at radius 3 is 2.65 bits per heavy atom. The molecule has 2 saturated heterocycles. The number of anilines is 3. The second kappa shape index (κ2) is 6.01. The lowest BCUT2D eigenvalue weighted by Crippen LogP contribution is -2.31. The van der Waals surface area contributed by atoms with E-state index in [1.165, 1.54) is 18.0 Å². The summed E-state index contributed by atoms with van der Waals surface area (Å²) >= 11 is 1.33. The maximum absolute atomic E-state index is 12.7. The summed E-state index contributed by atoms with van der Waals surface area (Å²) in [5.41, 5.74) is 0.891. The molecule has 0 radical (unpaired) electrons. The average molecular weight is 369 g/mol. The lowest BCUT2D eigenvalue weighted by Gasteiger charge is -2.19. The zero-order chi connectivity index (χ0) is 17.7. The molecule has 2 aromatic heterocycles. The molecule has 0 aliphatic carbocycles. The van der Waals surface area contributed by atoms with Gasteiger partial charge in [-0.3, -0.25) is 9.69 Å². The largest absolute Gasteiger partial charge is 0.355 e. The van der Waals surface area contributed by atoms with Crippen molar-refractivity contribution in [3.63, 3.8) is 0 Å². The minimum absolute atomic E-state index is 0.0890. The van der Waals surface area contributed by atoms with E-state index in [4.69, 9.17) is 0 Å². The molecule has 0 saturated carbocycles. The molecule has 3 aliphatic rings. The molecule has 1 amide bonds. The summed E-state index contributed by atoms with van der Waals surface area (Å²) in [6, 6.07) is 5.81. The van der Waals surface area contributed by atoms with Crippen LogP contribution in [0.4, 0.5) is 16.6 Å². The average Bonchev–Trinajstić information content (AvgIpc) is 3.41. The van der Waals surface area contributed by atoms with Crippen LogP contribution in [0.1, 0.15) is 13.3 Å². The lowest BCUT2D eigenvalue weighted by molar-refractivity contribution is -0.119. The first kappa shape index (κ1) is 15.7. The van der Waals surface area contributed by atoms with Gasteiger partial charge >= 0.3 is 0 Å². The second-order valence-electron chi connectivity index (χ2n) is 7.09. The monoisotopic (exact) mass is 369 g/mol. The molecule has 1 unspecified atom stereocenters. The Kier molecular flexibility index (Phi) is 3.63. The Labute approximate surface area is 155 Å². The van der Waals surface area contributed by atoms with Crippen LogP contribution in [0.25, 0.3) is 0 Å². The molecule has 2 fully saturated rings. The summed E-state index contributed by atoms with van der Waals surface area (Å²) in [5, 5.41) is 16.0. The molecule has 134 valence electrons. The van der Waals surface area contributed by atoms with E-state index in [2.05, 4.69) is 31.5 Å². The van der Waals surface area contributed by atoms with Gasteiger partial charge in [-0.2, -0.15) is 9.47 Å². The Bertz CT molecular complexity index is 851. The molecule has 2 atom stereocenters. The number of fused-ring (bicyclic) bond motifs is 1. The Balaban J connectivity index is 1.32. The smallest absolute Gasteiger partial charge is 0.238 e. The maximum Gasteiger partial charge on any atom is 0.238 e. The third-order valence-corrected chi connectivity index (χ3v) is 6.00. The van der Waals surface area contributed by atoms with Gasteiger partial charge in [0.1, 0.15) is 10.9 Å². The van der Waals surface area contributed by atoms with Crippen molar-refractivity contribution in [1.29, 1.82) is 0 Å². The summed E-state index contributed by atoms with van der Waals surface area (Å²) in [5.74, 6) is 2.20. The number of amides is 1. The zero-order valence-electron chi connectivity index (χ0n) is 14.4. The van der Waals surface area contributed by atoms with E-state index in [9.17, 15) is 4.79 Å². The molecule has 0 aromatic carbocycles. The van der Waals surface area contributed by atoms with Crippen molar-refractivity contribution >= 4 is 39.8 Å². The van der Waals surface area contributed by atoms with Gasteiger partial charge in [0.2, 0.25) is 5.91 Å². The predicted octanol–water partition coefficient (Wildman–Crippen LogP) is 1.62. The highest BCUT2D eigenvalue weighted by Crippen LogP contribution is 2.32. The van der Waals surface area contributed by atoms with Gasteiger partial charge in [0.25, 0.3) is 0 Å². The minimum Gasteiger partial charge on any atom is -0.355 e. The molecular formula is C17H19N7OS. The maximum atomic E-state index is 12.7. The number of hydrazone groups is 1. The van der Waals surface area contributed by atoms with Gasteiger partial charge in [0, 0.05) is 19.3 Å². The minimum atomic E-state index is -0.196. The molecule has 5 rings (SSSR count). The van der Waals surface area contributed by atoms with Crippen LogP contribution in [0.2, 0.25) is 0 Å². The molecule has 5 heterocycles. The number of rotatable bonds is 3. The third-order valence-electron chi connectivity index (χ3n) is 5.23. The number of hydrogen-bond donors (Lipinski definition) is 0. The van der Waals surface area contributed by atoms with Gasteiger partial charge in [-0.15, -0.1) is 10.2 Å². The summed E-state index contributed by atoms with van der Waals surface area (Å²) in [6.45, 7) is 5.38. The van der Waals surface area contributed by atoms with Gasteiger partial charge in [0.05, 0.1) is 18.8 Å². The van der Waals surface area contributed by atoms with Gasteiger partial charge < -0.3 is 4.90 Å². The van der Waals surface area contributed by atoms with Crippen LogP contribution < -0.4 is 14.8 Å². The van der Waals surface area contributed by atoms with E-state index in [0.29, 0.717) is 24.8 Å². The number of carbonyl (C=O) groups is 1. The molecule has 0 N–H and O–H groups in total. The first-order chi connectivity index (χ1) is 12.7. The van der Waals surface area contributed by atoms with Crippen LogP contribution >= 0.6 is 11.5 Å². The molecule has 26 heavy (non-hydrogen) atoms. The van der Waals surface area contributed by atoms with Gasteiger partial charge in [-0.25, -0.2) is 5.01 Å². The molecule has 0 spiro atoms. The van der Waals surface area contributed by atoms with Crippen molar-refractivity contribution in [2.75, 3.05) is 41.0 Å².